The highest BCUT2D eigenvalue weighted by Crippen LogP contribution is 2.34. The zero-order valence-electron chi connectivity index (χ0n) is 10.9. The van der Waals surface area contributed by atoms with E-state index in [0.29, 0.717) is 12.2 Å². The highest BCUT2D eigenvalue weighted by atomic mass is 16.5. The van der Waals surface area contributed by atoms with Gasteiger partial charge in [-0.05, 0) is 12.5 Å². The van der Waals surface area contributed by atoms with Crippen LogP contribution in [0.25, 0.3) is 11.1 Å². The van der Waals surface area contributed by atoms with Gasteiger partial charge in [-0.2, -0.15) is 15.5 Å². The average Bonchev–Trinajstić information content (AvgIpc) is 2.48. The fraction of sp³-hybridized carbons (Fsp3) is 0.133. The molecule has 2 N–H and O–H groups in total. The molecule has 2 rings (SSSR count). The number of nitriles is 2. The van der Waals surface area contributed by atoms with Gasteiger partial charge >= 0.3 is 0 Å². The monoisotopic (exact) mass is 264 g/mol. The smallest absolute Gasteiger partial charge is 0.234 e. The Kier molecular flexibility index (Phi) is 3.83. The largest absolute Gasteiger partial charge is 0.477 e. The van der Waals surface area contributed by atoms with Crippen molar-refractivity contribution in [2.75, 3.05) is 12.3 Å². The van der Waals surface area contributed by atoms with Gasteiger partial charge in [-0.15, -0.1) is 0 Å². The van der Waals surface area contributed by atoms with Gasteiger partial charge < -0.3 is 10.5 Å². The lowest BCUT2D eigenvalue weighted by Gasteiger charge is -2.12. The lowest BCUT2D eigenvalue weighted by atomic mass is 9.96. The predicted octanol–water partition coefficient (Wildman–Crippen LogP) is 2.47. The third-order valence-corrected chi connectivity index (χ3v) is 2.76. The Morgan fingerprint density at radius 2 is 1.80 bits per heavy atom. The van der Waals surface area contributed by atoms with Crippen LogP contribution in [0.1, 0.15) is 18.1 Å². The van der Waals surface area contributed by atoms with Crippen molar-refractivity contribution in [3.8, 4) is 29.1 Å². The molecule has 0 aliphatic heterocycles. The molecule has 0 spiro atoms. The van der Waals surface area contributed by atoms with Crippen molar-refractivity contribution in [3.05, 3.63) is 41.5 Å². The van der Waals surface area contributed by atoms with Gasteiger partial charge in [-0.1, -0.05) is 30.3 Å². The van der Waals surface area contributed by atoms with E-state index in [4.69, 9.17) is 10.5 Å². The molecule has 0 radical (unpaired) electrons. The Morgan fingerprint density at radius 1 is 1.15 bits per heavy atom. The lowest BCUT2D eigenvalue weighted by Crippen LogP contribution is -2.05. The molecule has 1 heterocycles. The molecule has 0 atom stereocenters. The van der Waals surface area contributed by atoms with Gasteiger partial charge in [0.05, 0.1) is 6.61 Å². The van der Waals surface area contributed by atoms with Crippen molar-refractivity contribution in [1.29, 1.82) is 10.5 Å². The van der Waals surface area contributed by atoms with Gasteiger partial charge in [0, 0.05) is 5.56 Å². The van der Waals surface area contributed by atoms with Gasteiger partial charge in [0.25, 0.3) is 0 Å². The first-order valence-electron chi connectivity index (χ1n) is 6.04. The van der Waals surface area contributed by atoms with Crippen LogP contribution in [0, 0.1) is 22.7 Å². The normalized spacial score (nSPS) is 9.55. The van der Waals surface area contributed by atoms with Crippen LogP contribution in [0.2, 0.25) is 0 Å². The molecule has 0 unspecified atom stereocenters. The highest BCUT2D eigenvalue weighted by molar-refractivity contribution is 5.82. The molecule has 1 aromatic carbocycles. The second-order valence-corrected chi connectivity index (χ2v) is 3.95. The first-order valence-corrected chi connectivity index (χ1v) is 6.04. The standard InChI is InChI=1S/C15H12N4O/c1-2-20-15-12(9-17)13(10-6-4-3-5-7-10)11(8-16)14(18)19-15/h3-7H,2H2,1H3,(H2,18,19). The van der Waals surface area contributed by atoms with Crippen LogP contribution in [-0.4, -0.2) is 11.6 Å². The third kappa shape index (κ3) is 2.25. The SMILES string of the molecule is CCOc1nc(N)c(C#N)c(-c2ccccc2)c1C#N. The molecule has 5 heteroatoms. The van der Waals surface area contributed by atoms with Gasteiger partial charge in [0.15, 0.2) is 0 Å². The lowest BCUT2D eigenvalue weighted by molar-refractivity contribution is 0.326. The maximum Gasteiger partial charge on any atom is 0.234 e. The third-order valence-electron chi connectivity index (χ3n) is 2.76. The fourth-order valence-electron chi connectivity index (χ4n) is 1.93. The summed E-state index contributed by atoms with van der Waals surface area (Å²) in [4.78, 5) is 4.00. The topological polar surface area (TPSA) is 95.7 Å². The number of rotatable bonds is 3. The second kappa shape index (κ2) is 5.73. The molecule has 0 saturated carbocycles. The number of aromatic nitrogens is 1. The van der Waals surface area contributed by atoms with Crippen LogP contribution >= 0.6 is 0 Å². The molecular weight excluding hydrogens is 252 g/mol. The Bertz CT molecular complexity index is 711. The molecular formula is C15H12N4O. The summed E-state index contributed by atoms with van der Waals surface area (Å²) in [5, 5.41) is 18.7. The zero-order chi connectivity index (χ0) is 14.5. The summed E-state index contributed by atoms with van der Waals surface area (Å²) in [7, 11) is 0. The summed E-state index contributed by atoms with van der Waals surface area (Å²) in [5.74, 6) is 0.221. The van der Waals surface area contributed by atoms with Crippen molar-refractivity contribution in [3.63, 3.8) is 0 Å². The maximum atomic E-state index is 9.38. The number of nitrogen functional groups attached to an aromatic ring is 1. The van der Waals surface area contributed by atoms with Crippen molar-refractivity contribution < 1.29 is 4.74 Å². The van der Waals surface area contributed by atoms with Gasteiger partial charge in [-0.3, -0.25) is 0 Å². The summed E-state index contributed by atoms with van der Waals surface area (Å²) >= 11 is 0. The quantitative estimate of drug-likeness (QED) is 0.918. The Hall–Kier alpha value is -3.05. The number of ether oxygens (including phenoxy) is 1. The number of pyridine rings is 1. The van der Waals surface area contributed by atoms with Crippen LogP contribution < -0.4 is 10.5 Å². The van der Waals surface area contributed by atoms with E-state index in [1.165, 1.54) is 0 Å². The predicted molar refractivity (Wildman–Crippen MR) is 74.7 cm³/mol. The highest BCUT2D eigenvalue weighted by Gasteiger charge is 2.20. The van der Waals surface area contributed by atoms with Crippen molar-refractivity contribution in [1.82, 2.24) is 4.98 Å². The summed E-state index contributed by atoms with van der Waals surface area (Å²) in [6.07, 6.45) is 0. The Morgan fingerprint density at radius 3 is 2.35 bits per heavy atom. The number of benzene rings is 1. The molecule has 20 heavy (non-hydrogen) atoms. The van der Waals surface area contributed by atoms with Crippen LogP contribution in [-0.2, 0) is 0 Å². The van der Waals surface area contributed by atoms with E-state index < -0.39 is 0 Å². The molecule has 0 aliphatic carbocycles. The van der Waals surface area contributed by atoms with Crippen molar-refractivity contribution in [2.45, 2.75) is 6.92 Å². The molecule has 0 fully saturated rings. The minimum atomic E-state index is 0.0637. The van der Waals surface area contributed by atoms with E-state index in [0.717, 1.165) is 5.56 Å². The first kappa shape index (κ1) is 13.4. The van der Waals surface area contributed by atoms with Gasteiger partial charge in [-0.25, -0.2) is 0 Å². The van der Waals surface area contributed by atoms with Crippen LogP contribution in [0.3, 0.4) is 0 Å². The van der Waals surface area contributed by atoms with E-state index >= 15 is 0 Å². The zero-order valence-corrected chi connectivity index (χ0v) is 10.9. The number of nitrogens with two attached hydrogens (primary N) is 1. The van der Waals surface area contributed by atoms with E-state index in [2.05, 4.69) is 11.1 Å². The Labute approximate surface area is 116 Å². The van der Waals surface area contributed by atoms with Crippen molar-refractivity contribution in [2.24, 2.45) is 0 Å². The first-order chi connectivity index (χ1) is 9.72. The maximum absolute atomic E-state index is 9.38. The number of hydrogen-bond donors (Lipinski definition) is 1. The molecule has 5 nitrogen and oxygen atoms in total. The summed E-state index contributed by atoms with van der Waals surface area (Å²) in [6, 6.07) is 13.2. The molecule has 0 aliphatic rings. The molecule has 0 bridgehead atoms. The number of nitrogens with zero attached hydrogens (tertiary/aromatic N) is 3. The fourth-order valence-corrected chi connectivity index (χ4v) is 1.93. The molecule has 1 aromatic heterocycles. The number of anilines is 1. The van der Waals surface area contributed by atoms with Gasteiger partial charge in [0.2, 0.25) is 5.88 Å². The van der Waals surface area contributed by atoms with E-state index in [1.54, 1.807) is 6.92 Å². The minimum absolute atomic E-state index is 0.0637. The van der Waals surface area contributed by atoms with E-state index in [9.17, 15) is 10.5 Å². The summed E-state index contributed by atoms with van der Waals surface area (Å²) in [5.41, 5.74) is 7.41. The average molecular weight is 264 g/mol. The van der Waals surface area contributed by atoms with Crippen LogP contribution in [0.4, 0.5) is 5.82 Å². The Balaban J connectivity index is 2.83. The van der Waals surface area contributed by atoms with Crippen LogP contribution in [0.15, 0.2) is 30.3 Å². The van der Waals surface area contributed by atoms with Gasteiger partial charge in [0.1, 0.15) is 29.1 Å². The molecule has 2 aromatic rings. The number of hydrogen-bond acceptors (Lipinski definition) is 5. The molecule has 0 amide bonds. The summed E-state index contributed by atoms with van der Waals surface area (Å²) in [6.45, 7) is 2.15. The molecule has 0 saturated heterocycles. The van der Waals surface area contributed by atoms with E-state index in [1.807, 2.05) is 36.4 Å². The van der Waals surface area contributed by atoms with Crippen LogP contribution in [0.5, 0.6) is 5.88 Å². The summed E-state index contributed by atoms with van der Waals surface area (Å²) < 4.78 is 5.35. The van der Waals surface area contributed by atoms with Crippen molar-refractivity contribution >= 4 is 5.82 Å². The molecule has 98 valence electrons. The van der Waals surface area contributed by atoms with E-state index in [-0.39, 0.29) is 22.8 Å². The second-order valence-electron chi connectivity index (χ2n) is 3.95. The minimum Gasteiger partial charge on any atom is -0.477 e.